The van der Waals surface area contributed by atoms with Gasteiger partial charge in [0, 0.05) is 7.05 Å². The van der Waals surface area contributed by atoms with E-state index in [4.69, 9.17) is 0 Å². The van der Waals surface area contributed by atoms with Crippen molar-refractivity contribution in [3.63, 3.8) is 0 Å². The van der Waals surface area contributed by atoms with Gasteiger partial charge in [0.1, 0.15) is 5.82 Å². The minimum atomic E-state index is -0.402. The van der Waals surface area contributed by atoms with Gasteiger partial charge in [-0.1, -0.05) is 0 Å². The molecule has 3 nitrogen and oxygen atoms in total. The normalized spacial score (nSPS) is 10.8. The van der Waals surface area contributed by atoms with Crippen LogP contribution in [0.2, 0.25) is 0 Å². The maximum Gasteiger partial charge on any atom is 0.269 e. The minimum absolute atomic E-state index is 0.260. The molecule has 0 bridgehead atoms. The summed E-state index contributed by atoms with van der Waals surface area (Å²) in [4.78, 5) is 15.2. The molecule has 14 heavy (non-hydrogen) atoms. The quantitative estimate of drug-likeness (QED) is 0.721. The second kappa shape index (κ2) is 3.16. The van der Waals surface area contributed by atoms with Crippen LogP contribution in [0.15, 0.2) is 27.6 Å². The lowest BCUT2D eigenvalue weighted by molar-refractivity contribution is 0.621. The van der Waals surface area contributed by atoms with Crippen LogP contribution in [0.3, 0.4) is 0 Å². The van der Waals surface area contributed by atoms with Crippen LogP contribution in [-0.2, 0) is 7.05 Å². The van der Waals surface area contributed by atoms with E-state index in [-0.39, 0.29) is 10.0 Å². The molecule has 0 aliphatic heterocycles. The summed E-state index contributed by atoms with van der Waals surface area (Å²) >= 11 is 3.09. The Morgan fingerprint density at radius 3 is 2.93 bits per heavy atom. The summed E-state index contributed by atoms with van der Waals surface area (Å²) in [6, 6.07) is 2.85. The van der Waals surface area contributed by atoms with Crippen LogP contribution in [0, 0.1) is 5.82 Å². The van der Waals surface area contributed by atoms with Crippen LogP contribution in [0.1, 0.15) is 0 Å². The van der Waals surface area contributed by atoms with Crippen molar-refractivity contribution in [2.75, 3.05) is 0 Å². The number of aromatic nitrogens is 2. The van der Waals surface area contributed by atoms with Crippen LogP contribution >= 0.6 is 15.9 Å². The molecule has 0 aliphatic rings. The molecular formula is C9H6BrFN2O. The summed E-state index contributed by atoms with van der Waals surface area (Å²) in [5.41, 5.74) is 0.793. The Hall–Kier alpha value is -1.23. The van der Waals surface area contributed by atoms with E-state index < -0.39 is 5.82 Å². The summed E-state index contributed by atoms with van der Waals surface area (Å²) in [5.74, 6) is -0.402. The Kier molecular flexibility index (Phi) is 2.11. The molecule has 2 rings (SSSR count). The third kappa shape index (κ3) is 1.24. The highest BCUT2D eigenvalue weighted by atomic mass is 79.9. The van der Waals surface area contributed by atoms with Crippen molar-refractivity contribution in [3.8, 4) is 0 Å². The molecular weight excluding hydrogens is 251 g/mol. The zero-order valence-electron chi connectivity index (χ0n) is 7.29. The number of rotatable bonds is 0. The van der Waals surface area contributed by atoms with Gasteiger partial charge < -0.3 is 4.57 Å². The van der Waals surface area contributed by atoms with Crippen LogP contribution in [-0.4, -0.2) is 9.55 Å². The fourth-order valence-electron chi connectivity index (χ4n) is 1.27. The van der Waals surface area contributed by atoms with E-state index in [9.17, 15) is 9.18 Å². The molecule has 0 atom stereocenters. The number of benzene rings is 1. The fourth-order valence-corrected chi connectivity index (χ4v) is 1.88. The molecule has 5 heteroatoms. The van der Waals surface area contributed by atoms with E-state index in [1.165, 1.54) is 22.9 Å². The van der Waals surface area contributed by atoms with Crippen molar-refractivity contribution in [1.29, 1.82) is 0 Å². The molecule has 0 saturated heterocycles. The van der Waals surface area contributed by atoms with E-state index in [0.717, 1.165) is 0 Å². The fraction of sp³-hybridized carbons (Fsp3) is 0.111. The van der Waals surface area contributed by atoms with Crippen LogP contribution in [0.25, 0.3) is 11.0 Å². The van der Waals surface area contributed by atoms with Crippen LogP contribution in [0.5, 0.6) is 0 Å². The molecule has 0 aliphatic carbocycles. The molecule has 0 radical (unpaired) electrons. The Labute approximate surface area is 87.3 Å². The van der Waals surface area contributed by atoms with Gasteiger partial charge >= 0.3 is 0 Å². The van der Waals surface area contributed by atoms with E-state index in [0.29, 0.717) is 11.0 Å². The number of aryl methyl sites for hydroxylation is 1. The van der Waals surface area contributed by atoms with Gasteiger partial charge in [-0.2, -0.15) is 0 Å². The SMILES string of the molecule is Cn1c(=O)cnc2ccc(F)c(Br)c21. The summed E-state index contributed by atoms with van der Waals surface area (Å²) < 4.78 is 14.8. The highest BCUT2D eigenvalue weighted by Crippen LogP contribution is 2.23. The first-order chi connectivity index (χ1) is 6.61. The molecule has 0 fully saturated rings. The first-order valence-corrected chi connectivity index (χ1v) is 4.70. The summed E-state index contributed by atoms with van der Waals surface area (Å²) in [6.45, 7) is 0. The van der Waals surface area contributed by atoms with Gasteiger partial charge in [-0.3, -0.25) is 4.79 Å². The van der Waals surface area contributed by atoms with E-state index in [1.807, 2.05) is 0 Å². The maximum absolute atomic E-state index is 13.2. The summed E-state index contributed by atoms with van der Waals surface area (Å²) in [5, 5.41) is 0. The standard InChI is InChI=1S/C9H6BrFN2O/c1-13-7(14)4-12-6-3-2-5(11)8(10)9(6)13/h2-4H,1H3. The molecule has 0 N–H and O–H groups in total. The molecule has 0 spiro atoms. The van der Waals surface area contributed by atoms with Crippen molar-refractivity contribution in [1.82, 2.24) is 9.55 Å². The van der Waals surface area contributed by atoms with E-state index in [1.54, 1.807) is 7.05 Å². The highest BCUT2D eigenvalue weighted by molar-refractivity contribution is 9.10. The van der Waals surface area contributed by atoms with Gasteiger partial charge in [0.15, 0.2) is 0 Å². The lowest BCUT2D eigenvalue weighted by atomic mass is 10.3. The van der Waals surface area contributed by atoms with Crippen molar-refractivity contribution in [2.45, 2.75) is 0 Å². The molecule has 2 aromatic rings. The lowest BCUT2D eigenvalue weighted by Crippen LogP contribution is -2.17. The van der Waals surface area contributed by atoms with Gasteiger partial charge in [-0.05, 0) is 28.1 Å². The Bertz CT molecular complexity index is 564. The molecule has 0 unspecified atom stereocenters. The molecule has 1 aromatic carbocycles. The molecule has 1 aromatic heterocycles. The third-order valence-electron chi connectivity index (χ3n) is 2.03. The number of hydrogen-bond acceptors (Lipinski definition) is 2. The smallest absolute Gasteiger partial charge is 0.269 e. The second-order valence-corrected chi connectivity index (χ2v) is 3.68. The third-order valence-corrected chi connectivity index (χ3v) is 2.78. The zero-order chi connectivity index (χ0) is 10.3. The van der Waals surface area contributed by atoms with Crippen molar-refractivity contribution in [2.24, 2.45) is 7.05 Å². The lowest BCUT2D eigenvalue weighted by Gasteiger charge is -2.05. The van der Waals surface area contributed by atoms with Gasteiger partial charge in [-0.15, -0.1) is 0 Å². The van der Waals surface area contributed by atoms with Crippen molar-refractivity contribution >= 4 is 27.0 Å². The topological polar surface area (TPSA) is 34.9 Å². The predicted molar refractivity (Wildman–Crippen MR) is 54.6 cm³/mol. The minimum Gasteiger partial charge on any atom is -0.307 e. The van der Waals surface area contributed by atoms with Crippen molar-refractivity contribution < 1.29 is 4.39 Å². The number of halogens is 2. The van der Waals surface area contributed by atoms with E-state index in [2.05, 4.69) is 20.9 Å². The molecule has 0 amide bonds. The van der Waals surface area contributed by atoms with Gasteiger partial charge in [0.25, 0.3) is 5.56 Å². The largest absolute Gasteiger partial charge is 0.307 e. The first-order valence-electron chi connectivity index (χ1n) is 3.91. The number of hydrogen-bond donors (Lipinski definition) is 0. The Balaban J connectivity index is 3.06. The Morgan fingerprint density at radius 2 is 2.21 bits per heavy atom. The van der Waals surface area contributed by atoms with E-state index >= 15 is 0 Å². The highest BCUT2D eigenvalue weighted by Gasteiger charge is 2.08. The molecule has 72 valence electrons. The monoisotopic (exact) mass is 256 g/mol. The van der Waals surface area contributed by atoms with Crippen molar-refractivity contribution in [3.05, 3.63) is 39.0 Å². The Morgan fingerprint density at radius 1 is 1.50 bits per heavy atom. The van der Waals surface area contributed by atoms with Crippen LogP contribution < -0.4 is 5.56 Å². The van der Waals surface area contributed by atoms with Crippen LogP contribution in [0.4, 0.5) is 4.39 Å². The maximum atomic E-state index is 13.2. The summed E-state index contributed by atoms with van der Waals surface area (Å²) in [7, 11) is 1.58. The molecule has 0 saturated carbocycles. The number of fused-ring (bicyclic) bond motifs is 1. The summed E-state index contributed by atoms with van der Waals surface area (Å²) in [6.07, 6.45) is 1.21. The second-order valence-electron chi connectivity index (χ2n) is 2.88. The molecule has 1 heterocycles. The van der Waals surface area contributed by atoms with Gasteiger partial charge in [0.05, 0.1) is 21.7 Å². The number of nitrogens with zero attached hydrogens (tertiary/aromatic N) is 2. The first kappa shape index (κ1) is 9.33. The van der Waals surface area contributed by atoms with Gasteiger partial charge in [0.2, 0.25) is 0 Å². The van der Waals surface area contributed by atoms with Gasteiger partial charge in [-0.25, -0.2) is 9.37 Å². The predicted octanol–water partition coefficient (Wildman–Crippen LogP) is 1.84. The average Bonchev–Trinajstić information content (AvgIpc) is 2.17. The zero-order valence-corrected chi connectivity index (χ0v) is 8.88. The average molecular weight is 257 g/mol.